The number of fused-ring (bicyclic) bond motifs is 4. The van der Waals surface area contributed by atoms with Crippen molar-refractivity contribution in [3.05, 3.63) is 205 Å². The van der Waals surface area contributed by atoms with Gasteiger partial charge in [-0.2, -0.15) is 0 Å². The van der Waals surface area contributed by atoms with Gasteiger partial charge in [-0.3, -0.25) is 0 Å². The van der Waals surface area contributed by atoms with Crippen molar-refractivity contribution in [3.63, 3.8) is 0 Å². The second-order valence-corrected chi connectivity index (χ2v) is 16.9. The van der Waals surface area contributed by atoms with Crippen molar-refractivity contribution in [3.8, 4) is 39.1 Å². The molecule has 2 nitrogen and oxygen atoms in total. The SMILES string of the molecule is CC1(C)c2cccc3c2-c2c1cc(N(c1ccc(-c4ccccc4)cc1)c1ccc4c5ccccc5n(-c5ccccc5)c4c1)c1ccc4ccc5cccc-3c5c4c21. The van der Waals surface area contributed by atoms with Crippen LogP contribution in [0.5, 0.6) is 0 Å². The Bertz CT molecular complexity index is 3560. The number of para-hydroxylation sites is 2. The smallest absolute Gasteiger partial charge is 0.0561 e. The van der Waals surface area contributed by atoms with Gasteiger partial charge in [-0.1, -0.05) is 159 Å². The lowest BCUT2D eigenvalue weighted by atomic mass is 9.80. The van der Waals surface area contributed by atoms with E-state index in [0.717, 1.165) is 17.1 Å². The van der Waals surface area contributed by atoms with Gasteiger partial charge in [0.2, 0.25) is 0 Å². The molecule has 0 saturated carbocycles. The molecule has 2 aliphatic carbocycles. The highest BCUT2D eigenvalue weighted by atomic mass is 15.1. The molecule has 1 heterocycles. The zero-order valence-corrected chi connectivity index (χ0v) is 32.9. The topological polar surface area (TPSA) is 8.17 Å². The van der Waals surface area contributed by atoms with Crippen LogP contribution in [-0.4, -0.2) is 4.57 Å². The van der Waals surface area contributed by atoms with E-state index in [1.165, 1.54) is 104 Å². The van der Waals surface area contributed by atoms with E-state index in [9.17, 15) is 0 Å². The van der Waals surface area contributed by atoms with Crippen LogP contribution in [-0.2, 0) is 5.41 Å². The largest absolute Gasteiger partial charge is 0.310 e. The number of hydrogen-bond acceptors (Lipinski definition) is 1. The van der Waals surface area contributed by atoms with Gasteiger partial charge in [-0.15, -0.1) is 0 Å². The molecule has 10 aromatic carbocycles. The second kappa shape index (κ2) is 11.8. The summed E-state index contributed by atoms with van der Waals surface area (Å²) >= 11 is 0. The van der Waals surface area contributed by atoms with E-state index in [1.807, 2.05) is 0 Å². The minimum Gasteiger partial charge on any atom is -0.310 e. The van der Waals surface area contributed by atoms with Gasteiger partial charge in [-0.25, -0.2) is 0 Å². The molecule has 0 bridgehead atoms. The van der Waals surface area contributed by atoms with Crippen molar-refractivity contribution in [1.29, 1.82) is 0 Å². The van der Waals surface area contributed by atoms with Gasteiger partial charge >= 0.3 is 0 Å². The van der Waals surface area contributed by atoms with Gasteiger partial charge in [0, 0.05) is 44.0 Å². The Morgan fingerprint density at radius 1 is 0.407 bits per heavy atom. The van der Waals surface area contributed by atoms with E-state index >= 15 is 0 Å². The summed E-state index contributed by atoms with van der Waals surface area (Å²) in [6, 6.07) is 72.3. The number of benzene rings is 10. The molecule has 0 amide bonds. The molecule has 0 atom stereocenters. The summed E-state index contributed by atoms with van der Waals surface area (Å²) in [5.41, 5.74) is 17.4. The minimum absolute atomic E-state index is 0.210. The molecule has 59 heavy (non-hydrogen) atoms. The van der Waals surface area contributed by atoms with Crippen LogP contribution in [0.2, 0.25) is 0 Å². The van der Waals surface area contributed by atoms with E-state index < -0.39 is 0 Å². The van der Waals surface area contributed by atoms with Gasteiger partial charge in [0.25, 0.3) is 0 Å². The molecule has 0 spiro atoms. The van der Waals surface area contributed by atoms with Crippen molar-refractivity contribution in [2.45, 2.75) is 19.3 Å². The summed E-state index contributed by atoms with van der Waals surface area (Å²) in [6.07, 6.45) is 0. The number of aromatic nitrogens is 1. The molecule has 2 heteroatoms. The fraction of sp³-hybridized carbons (Fsp3) is 0.0526. The summed E-state index contributed by atoms with van der Waals surface area (Å²) in [4.78, 5) is 2.53. The maximum absolute atomic E-state index is 2.53. The first-order chi connectivity index (χ1) is 29.0. The Hall–Kier alpha value is -7.42. The zero-order valence-electron chi connectivity index (χ0n) is 32.9. The fourth-order valence-electron chi connectivity index (χ4n) is 10.8. The lowest BCUT2D eigenvalue weighted by molar-refractivity contribution is 0.661. The molecule has 11 aromatic rings. The Kier molecular flexibility index (Phi) is 6.54. The standard InChI is InChI=1S/C57H38N2/c1-57(2)47-21-12-20-45-44-19-11-15-37-23-24-38-27-31-46-51(34-48(57)56(54(45)47)55(46)53(38)52(37)44)58(40-28-25-36(26-29-40)35-13-5-3-6-14-35)41-30-32-43-42-18-9-10-22-49(42)59(50(43)33-41)39-16-7-4-8-17-39/h3-34H,1-2H3. The summed E-state index contributed by atoms with van der Waals surface area (Å²) in [7, 11) is 0. The van der Waals surface area contributed by atoms with Crippen LogP contribution in [0, 0.1) is 0 Å². The summed E-state index contributed by atoms with van der Waals surface area (Å²) < 4.78 is 2.43. The van der Waals surface area contributed by atoms with E-state index in [1.54, 1.807) is 0 Å². The van der Waals surface area contributed by atoms with E-state index in [2.05, 4.69) is 217 Å². The Morgan fingerprint density at radius 2 is 1.05 bits per heavy atom. The van der Waals surface area contributed by atoms with Gasteiger partial charge < -0.3 is 9.47 Å². The van der Waals surface area contributed by atoms with Crippen molar-refractivity contribution in [1.82, 2.24) is 4.57 Å². The normalized spacial score (nSPS) is 13.4. The summed E-state index contributed by atoms with van der Waals surface area (Å²) in [6.45, 7) is 4.85. The number of hydrogen-bond donors (Lipinski definition) is 0. The molecule has 1 aromatic heterocycles. The number of nitrogens with zero attached hydrogens (tertiary/aromatic N) is 2. The van der Waals surface area contributed by atoms with E-state index in [-0.39, 0.29) is 5.41 Å². The Labute approximate surface area is 342 Å². The molecule has 0 aliphatic heterocycles. The van der Waals surface area contributed by atoms with Crippen molar-refractivity contribution < 1.29 is 0 Å². The number of anilines is 3. The third-order valence-electron chi connectivity index (χ3n) is 13.5. The average Bonchev–Trinajstić information content (AvgIpc) is 3.69. The van der Waals surface area contributed by atoms with Gasteiger partial charge in [0.05, 0.1) is 16.7 Å². The lowest BCUT2D eigenvalue weighted by Gasteiger charge is -2.30. The Balaban J connectivity index is 1.16. The maximum Gasteiger partial charge on any atom is 0.0561 e. The summed E-state index contributed by atoms with van der Waals surface area (Å²) in [5, 5.41) is 10.4. The molecule has 276 valence electrons. The molecule has 0 saturated heterocycles. The van der Waals surface area contributed by atoms with Crippen LogP contribution < -0.4 is 4.90 Å². The van der Waals surface area contributed by atoms with Crippen LogP contribution in [0.1, 0.15) is 25.0 Å². The molecule has 0 unspecified atom stereocenters. The molecule has 0 radical (unpaired) electrons. The van der Waals surface area contributed by atoms with Crippen LogP contribution in [0.25, 0.3) is 93.2 Å². The highest BCUT2D eigenvalue weighted by molar-refractivity contribution is 6.32. The highest BCUT2D eigenvalue weighted by Crippen LogP contribution is 2.60. The first-order valence-electron chi connectivity index (χ1n) is 20.7. The molecule has 2 aliphatic rings. The van der Waals surface area contributed by atoms with Crippen LogP contribution in [0.3, 0.4) is 0 Å². The first kappa shape index (κ1) is 32.6. The average molecular weight is 751 g/mol. The predicted molar refractivity (Wildman–Crippen MR) is 250 cm³/mol. The van der Waals surface area contributed by atoms with Crippen molar-refractivity contribution in [2.24, 2.45) is 0 Å². The van der Waals surface area contributed by atoms with E-state index in [0.29, 0.717) is 0 Å². The molecule has 0 fully saturated rings. The van der Waals surface area contributed by atoms with Gasteiger partial charge in [-0.05, 0) is 115 Å². The Morgan fingerprint density at radius 3 is 1.88 bits per heavy atom. The van der Waals surface area contributed by atoms with Gasteiger partial charge in [0.15, 0.2) is 0 Å². The molecule has 0 N–H and O–H groups in total. The quantitative estimate of drug-likeness (QED) is 0.159. The summed E-state index contributed by atoms with van der Waals surface area (Å²) in [5.74, 6) is 0. The van der Waals surface area contributed by atoms with Crippen LogP contribution in [0.15, 0.2) is 194 Å². The second-order valence-electron chi connectivity index (χ2n) is 16.9. The predicted octanol–water partition coefficient (Wildman–Crippen LogP) is 15.7. The first-order valence-corrected chi connectivity index (χ1v) is 20.7. The monoisotopic (exact) mass is 750 g/mol. The maximum atomic E-state index is 2.53. The lowest BCUT2D eigenvalue weighted by Crippen LogP contribution is -2.17. The zero-order chi connectivity index (χ0) is 39.0. The molecular weight excluding hydrogens is 713 g/mol. The van der Waals surface area contributed by atoms with Crippen molar-refractivity contribution >= 4 is 71.2 Å². The third-order valence-corrected chi connectivity index (χ3v) is 13.5. The van der Waals surface area contributed by atoms with Gasteiger partial charge in [0.1, 0.15) is 0 Å². The third kappa shape index (κ3) is 4.41. The van der Waals surface area contributed by atoms with E-state index in [4.69, 9.17) is 0 Å². The van der Waals surface area contributed by atoms with Crippen LogP contribution >= 0.6 is 0 Å². The molecular formula is C57H38N2. The molecule has 13 rings (SSSR count). The van der Waals surface area contributed by atoms with Crippen LogP contribution in [0.4, 0.5) is 17.1 Å². The fourth-order valence-corrected chi connectivity index (χ4v) is 10.8. The minimum atomic E-state index is -0.210. The number of rotatable bonds is 5. The van der Waals surface area contributed by atoms with Crippen molar-refractivity contribution in [2.75, 3.05) is 4.90 Å². The highest BCUT2D eigenvalue weighted by Gasteiger charge is 2.41.